The molecule has 0 bridgehead atoms. The second-order valence-corrected chi connectivity index (χ2v) is 4.26. The molecule has 0 fully saturated rings. The largest absolute Gasteiger partial charge is 0.370 e. The smallest absolute Gasteiger partial charge is 0.246 e. The summed E-state index contributed by atoms with van der Waals surface area (Å²) in [6, 6.07) is 7.08. The minimum absolute atomic E-state index is 0. The zero-order valence-corrected chi connectivity index (χ0v) is 14.4. The number of hydrogen-bond acceptors (Lipinski definition) is 2. The Morgan fingerprint density at radius 3 is 2.90 bits per heavy atom. The van der Waals surface area contributed by atoms with Crippen molar-refractivity contribution in [3.63, 3.8) is 0 Å². The van der Waals surface area contributed by atoms with Crippen LogP contribution in [0, 0.1) is 12.3 Å². The minimum atomic E-state index is -0.237. The van der Waals surface area contributed by atoms with Gasteiger partial charge in [0.05, 0.1) is 0 Å². The quantitative estimate of drug-likeness (QED) is 0.225. The monoisotopic (exact) mass is 400 g/mol. The first kappa shape index (κ1) is 19.2. The third-order valence-corrected chi connectivity index (χ3v) is 2.54. The molecule has 0 aliphatic heterocycles. The van der Waals surface area contributed by atoms with E-state index in [0.717, 1.165) is 19.4 Å². The van der Waals surface area contributed by atoms with Gasteiger partial charge in [-0.25, -0.2) is 4.99 Å². The number of anilines is 1. The van der Waals surface area contributed by atoms with Crippen LogP contribution in [0.15, 0.2) is 29.3 Å². The Balaban J connectivity index is 0.00000400. The molecule has 1 aromatic rings. The number of halogens is 1. The lowest BCUT2D eigenvalue weighted by molar-refractivity contribution is -0.114. The van der Waals surface area contributed by atoms with Crippen LogP contribution in [-0.4, -0.2) is 25.0 Å². The fourth-order valence-electron chi connectivity index (χ4n) is 1.49. The number of terminal acetylenes is 1. The van der Waals surface area contributed by atoms with Gasteiger partial charge < -0.3 is 16.4 Å². The minimum Gasteiger partial charge on any atom is -0.370 e. The van der Waals surface area contributed by atoms with E-state index in [-0.39, 0.29) is 42.4 Å². The molecule has 6 heteroatoms. The van der Waals surface area contributed by atoms with Crippen LogP contribution < -0.4 is 16.4 Å². The highest BCUT2D eigenvalue weighted by Crippen LogP contribution is 2.09. The molecular formula is C15H21IN4O. The standard InChI is InChI=1S/C15H20N4O.HI/c1-3-5-9-17-15(16)18-11-14(20)19-13-8-6-7-12(4-2)10-13;/h2,6-8,10H,3,5,9,11H2,1H3,(H,19,20)(H3,16,17,18);1H. The molecule has 0 heterocycles. The van der Waals surface area contributed by atoms with E-state index in [1.807, 2.05) is 0 Å². The molecule has 0 atom stereocenters. The average Bonchev–Trinajstić information content (AvgIpc) is 2.45. The molecule has 0 aliphatic rings. The van der Waals surface area contributed by atoms with Gasteiger partial charge in [0.1, 0.15) is 6.54 Å². The number of carbonyl (C=O) groups excluding carboxylic acids is 1. The number of nitrogens with zero attached hydrogens (tertiary/aromatic N) is 1. The number of carbonyl (C=O) groups is 1. The van der Waals surface area contributed by atoms with E-state index < -0.39 is 0 Å². The topological polar surface area (TPSA) is 79.5 Å². The Kier molecular flexibility index (Phi) is 10.1. The van der Waals surface area contributed by atoms with E-state index >= 15 is 0 Å². The second kappa shape index (κ2) is 11.0. The Bertz CT molecular complexity index is 523. The van der Waals surface area contributed by atoms with Crippen LogP contribution in [0.3, 0.4) is 0 Å². The first-order chi connectivity index (χ1) is 9.65. The highest BCUT2D eigenvalue weighted by atomic mass is 127. The number of amides is 1. The van der Waals surface area contributed by atoms with Crippen LogP contribution in [0.5, 0.6) is 0 Å². The van der Waals surface area contributed by atoms with Crippen molar-refractivity contribution < 1.29 is 4.79 Å². The summed E-state index contributed by atoms with van der Waals surface area (Å²) in [7, 11) is 0. The molecule has 0 radical (unpaired) electrons. The van der Waals surface area contributed by atoms with Crippen LogP contribution in [0.4, 0.5) is 5.69 Å². The lowest BCUT2D eigenvalue weighted by Crippen LogP contribution is -2.33. The zero-order chi connectivity index (χ0) is 14.8. The lowest BCUT2D eigenvalue weighted by Gasteiger charge is -2.06. The van der Waals surface area contributed by atoms with Gasteiger partial charge in [-0.05, 0) is 24.6 Å². The molecular weight excluding hydrogens is 379 g/mol. The van der Waals surface area contributed by atoms with E-state index in [1.54, 1.807) is 24.3 Å². The fraction of sp³-hybridized carbons (Fsp3) is 0.333. The van der Waals surface area contributed by atoms with Crippen LogP contribution in [-0.2, 0) is 4.79 Å². The predicted octanol–water partition coefficient (Wildman–Crippen LogP) is 1.93. The SMILES string of the molecule is C#Cc1cccc(NC(=O)CN=C(N)NCCCC)c1.I. The van der Waals surface area contributed by atoms with E-state index in [1.165, 1.54) is 0 Å². The third kappa shape index (κ3) is 8.19. The highest BCUT2D eigenvalue weighted by molar-refractivity contribution is 14.0. The van der Waals surface area contributed by atoms with E-state index in [4.69, 9.17) is 12.2 Å². The summed E-state index contributed by atoms with van der Waals surface area (Å²) >= 11 is 0. The molecule has 5 nitrogen and oxygen atoms in total. The summed E-state index contributed by atoms with van der Waals surface area (Å²) in [5.74, 6) is 2.56. The number of benzene rings is 1. The number of rotatable bonds is 6. The van der Waals surface area contributed by atoms with Crippen LogP contribution in [0.1, 0.15) is 25.3 Å². The van der Waals surface area contributed by atoms with Crippen molar-refractivity contribution in [3.8, 4) is 12.3 Å². The summed E-state index contributed by atoms with van der Waals surface area (Å²) in [5, 5.41) is 5.66. The molecule has 0 saturated carbocycles. The molecule has 0 spiro atoms. The maximum Gasteiger partial charge on any atom is 0.246 e. The molecule has 4 N–H and O–H groups in total. The third-order valence-electron chi connectivity index (χ3n) is 2.54. The van der Waals surface area contributed by atoms with Crippen molar-refractivity contribution in [1.82, 2.24) is 5.32 Å². The molecule has 0 aliphatic carbocycles. The van der Waals surface area contributed by atoms with Gasteiger partial charge in [0.25, 0.3) is 0 Å². The number of nitrogens with two attached hydrogens (primary N) is 1. The second-order valence-electron chi connectivity index (χ2n) is 4.26. The van der Waals surface area contributed by atoms with Crippen molar-refractivity contribution in [2.24, 2.45) is 10.7 Å². The maximum absolute atomic E-state index is 11.7. The Morgan fingerprint density at radius 1 is 1.48 bits per heavy atom. The summed E-state index contributed by atoms with van der Waals surface area (Å²) in [6.45, 7) is 2.83. The first-order valence-electron chi connectivity index (χ1n) is 6.56. The van der Waals surface area contributed by atoms with Gasteiger partial charge in [0.2, 0.25) is 5.91 Å². The predicted molar refractivity (Wildman–Crippen MR) is 97.8 cm³/mol. The van der Waals surface area contributed by atoms with Crippen molar-refractivity contribution in [3.05, 3.63) is 29.8 Å². The molecule has 0 saturated heterocycles. The summed E-state index contributed by atoms with van der Waals surface area (Å²) < 4.78 is 0. The normalized spacial score (nSPS) is 10.2. The molecule has 0 aromatic heterocycles. The zero-order valence-electron chi connectivity index (χ0n) is 12.1. The van der Waals surface area contributed by atoms with Crippen LogP contribution in [0.2, 0.25) is 0 Å². The van der Waals surface area contributed by atoms with Gasteiger partial charge in [-0.1, -0.05) is 25.3 Å². The van der Waals surface area contributed by atoms with Crippen molar-refractivity contribution in [2.45, 2.75) is 19.8 Å². The number of guanidine groups is 1. The maximum atomic E-state index is 11.7. The lowest BCUT2D eigenvalue weighted by atomic mass is 10.2. The van der Waals surface area contributed by atoms with Crippen LogP contribution in [0.25, 0.3) is 0 Å². The Hall–Kier alpha value is -1.75. The number of aliphatic imine (C=N–C) groups is 1. The van der Waals surface area contributed by atoms with Gasteiger partial charge >= 0.3 is 0 Å². The first-order valence-corrected chi connectivity index (χ1v) is 6.56. The fourth-order valence-corrected chi connectivity index (χ4v) is 1.49. The Morgan fingerprint density at radius 2 is 2.24 bits per heavy atom. The number of hydrogen-bond donors (Lipinski definition) is 3. The van der Waals surface area contributed by atoms with Crippen LogP contribution >= 0.6 is 24.0 Å². The van der Waals surface area contributed by atoms with Gasteiger partial charge in [0.15, 0.2) is 5.96 Å². The highest BCUT2D eigenvalue weighted by Gasteiger charge is 2.02. The van der Waals surface area contributed by atoms with Gasteiger partial charge in [0, 0.05) is 17.8 Å². The van der Waals surface area contributed by atoms with Gasteiger partial charge in [-0.2, -0.15) is 0 Å². The van der Waals surface area contributed by atoms with E-state index in [0.29, 0.717) is 11.3 Å². The summed E-state index contributed by atoms with van der Waals surface area (Å²) in [4.78, 5) is 15.7. The number of nitrogens with one attached hydrogen (secondary N) is 2. The van der Waals surface area contributed by atoms with E-state index in [9.17, 15) is 4.79 Å². The molecule has 0 unspecified atom stereocenters. The van der Waals surface area contributed by atoms with Gasteiger partial charge in [-0.15, -0.1) is 30.4 Å². The average molecular weight is 400 g/mol. The van der Waals surface area contributed by atoms with E-state index in [2.05, 4.69) is 28.5 Å². The van der Waals surface area contributed by atoms with Gasteiger partial charge in [-0.3, -0.25) is 4.79 Å². The molecule has 21 heavy (non-hydrogen) atoms. The number of unbranched alkanes of at least 4 members (excludes halogenated alkanes) is 1. The van der Waals surface area contributed by atoms with Crippen molar-refractivity contribution >= 4 is 41.5 Å². The van der Waals surface area contributed by atoms with Crippen molar-refractivity contribution in [1.29, 1.82) is 0 Å². The molecule has 114 valence electrons. The molecule has 1 aromatic carbocycles. The van der Waals surface area contributed by atoms with Crippen molar-refractivity contribution in [2.75, 3.05) is 18.4 Å². The molecule has 1 amide bonds. The molecule has 1 rings (SSSR count). The summed E-state index contributed by atoms with van der Waals surface area (Å²) in [6.07, 6.45) is 7.39. The Labute approximate surface area is 142 Å². The summed E-state index contributed by atoms with van der Waals surface area (Å²) in [5.41, 5.74) is 7.00.